The summed E-state index contributed by atoms with van der Waals surface area (Å²) in [7, 11) is 0. The van der Waals surface area contributed by atoms with Crippen LogP contribution in [-0.4, -0.2) is 35.3 Å². The summed E-state index contributed by atoms with van der Waals surface area (Å²) in [5, 5.41) is 13.1. The third-order valence-corrected chi connectivity index (χ3v) is 5.69. The Morgan fingerprint density at radius 3 is 2.65 bits per heavy atom. The van der Waals surface area contributed by atoms with Gasteiger partial charge in [-0.3, -0.25) is 4.79 Å². The number of thiazole rings is 1. The number of nitrogens with zero attached hydrogens (tertiary/aromatic N) is 2. The van der Waals surface area contributed by atoms with Crippen molar-refractivity contribution < 1.29 is 27.8 Å². The van der Waals surface area contributed by atoms with Gasteiger partial charge in [-0.25, -0.2) is 4.98 Å². The maximum Gasteiger partial charge on any atom is 0.416 e. The molecule has 31 heavy (non-hydrogen) atoms. The van der Waals surface area contributed by atoms with E-state index in [-0.39, 0.29) is 30.5 Å². The summed E-state index contributed by atoms with van der Waals surface area (Å²) in [5.74, 6) is -0.196. The van der Waals surface area contributed by atoms with Crippen LogP contribution in [0.25, 0.3) is 0 Å². The minimum atomic E-state index is -4.45. The smallest absolute Gasteiger partial charge is 0.416 e. The molecule has 2 aromatic carbocycles. The topological polar surface area (TPSA) is 74.7 Å². The van der Waals surface area contributed by atoms with Crippen LogP contribution in [0, 0.1) is 6.92 Å². The Balaban J connectivity index is 1.64. The molecule has 0 radical (unpaired) electrons. The third-order valence-electron chi connectivity index (χ3n) is 4.78. The highest BCUT2D eigenvalue weighted by Gasteiger charge is 2.33. The molecule has 2 heterocycles. The second-order valence-corrected chi connectivity index (χ2v) is 8.17. The van der Waals surface area contributed by atoms with Crippen LogP contribution in [0.4, 0.5) is 29.7 Å². The summed E-state index contributed by atoms with van der Waals surface area (Å²) in [6.45, 7) is 1.90. The second kappa shape index (κ2) is 8.20. The van der Waals surface area contributed by atoms with Crippen molar-refractivity contribution in [3.05, 3.63) is 64.7 Å². The standard InChI is InChI=1S/C21H18F3N3O3S/c1-12-9-25-20(31-12)27-15(10-28)11-30-18-16(3-2-4-17(18)27)19(29)26-14-7-5-13(6-8-14)21(22,23)24/h2-9,15,28H,10-11H2,1H3,(H,26,29). The van der Waals surface area contributed by atoms with E-state index in [2.05, 4.69) is 10.3 Å². The summed E-state index contributed by atoms with van der Waals surface area (Å²) in [6, 6.07) is 8.86. The summed E-state index contributed by atoms with van der Waals surface area (Å²) >= 11 is 1.45. The van der Waals surface area contributed by atoms with Gasteiger partial charge in [-0.05, 0) is 43.3 Å². The quantitative estimate of drug-likeness (QED) is 0.608. The number of benzene rings is 2. The minimum absolute atomic E-state index is 0.146. The maximum atomic E-state index is 12.9. The van der Waals surface area contributed by atoms with Crippen molar-refractivity contribution in [1.29, 1.82) is 0 Å². The molecule has 1 unspecified atom stereocenters. The first-order chi connectivity index (χ1) is 14.8. The van der Waals surface area contributed by atoms with E-state index in [1.165, 1.54) is 23.5 Å². The van der Waals surface area contributed by atoms with E-state index in [1.807, 2.05) is 11.8 Å². The molecule has 0 fully saturated rings. The fraction of sp³-hybridized carbons (Fsp3) is 0.238. The van der Waals surface area contributed by atoms with E-state index < -0.39 is 17.6 Å². The Morgan fingerprint density at radius 2 is 2.03 bits per heavy atom. The first kappa shape index (κ1) is 21.1. The van der Waals surface area contributed by atoms with Gasteiger partial charge in [-0.1, -0.05) is 6.07 Å². The number of ether oxygens (including phenoxy) is 1. The first-order valence-corrected chi connectivity index (χ1v) is 10.2. The number of amides is 1. The zero-order chi connectivity index (χ0) is 22.2. The van der Waals surface area contributed by atoms with Gasteiger partial charge in [-0.15, -0.1) is 11.3 Å². The van der Waals surface area contributed by atoms with Crippen LogP contribution < -0.4 is 15.0 Å². The van der Waals surface area contributed by atoms with E-state index in [0.717, 1.165) is 17.0 Å². The van der Waals surface area contributed by atoms with E-state index in [0.29, 0.717) is 16.6 Å². The highest BCUT2D eigenvalue weighted by atomic mass is 32.1. The lowest BCUT2D eigenvalue weighted by atomic mass is 10.1. The van der Waals surface area contributed by atoms with Gasteiger partial charge < -0.3 is 20.1 Å². The molecule has 1 aliphatic heterocycles. The molecular formula is C21H18F3N3O3S. The molecule has 1 atom stereocenters. The number of aliphatic hydroxyl groups excluding tert-OH is 1. The van der Waals surface area contributed by atoms with Gasteiger partial charge in [0, 0.05) is 16.8 Å². The zero-order valence-electron chi connectivity index (χ0n) is 16.3. The molecule has 4 rings (SSSR count). The summed E-state index contributed by atoms with van der Waals surface area (Å²) in [6.07, 6.45) is -2.72. The van der Waals surface area contributed by atoms with Crippen molar-refractivity contribution in [3.8, 4) is 5.75 Å². The number of halogens is 3. The highest BCUT2D eigenvalue weighted by molar-refractivity contribution is 7.15. The average Bonchev–Trinajstić information content (AvgIpc) is 3.17. The van der Waals surface area contributed by atoms with Gasteiger partial charge in [0.1, 0.15) is 6.61 Å². The van der Waals surface area contributed by atoms with Crippen LogP contribution in [0.3, 0.4) is 0 Å². The van der Waals surface area contributed by atoms with E-state index in [1.54, 1.807) is 24.4 Å². The predicted molar refractivity (Wildman–Crippen MR) is 111 cm³/mol. The summed E-state index contributed by atoms with van der Waals surface area (Å²) in [4.78, 5) is 20.1. The number of carbonyl (C=O) groups excluding carboxylic acids is 1. The number of rotatable bonds is 4. The van der Waals surface area contributed by atoms with Crippen molar-refractivity contribution in [2.75, 3.05) is 23.4 Å². The van der Waals surface area contributed by atoms with Gasteiger partial charge in [0.05, 0.1) is 29.5 Å². The van der Waals surface area contributed by atoms with Crippen molar-refractivity contribution >= 4 is 33.8 Å². The highest BCUT2D eigenvalue weighted by Crippen LogP contribution is 2.42. The number of aryl methyl sites for hydroxylation is 1. The number of para-hydroxylation sites is 1. The van der Waals surface area contributed by atoms with Gasteiger partial charge in [0.25, 0.3) is 5.91 Å². The molecule has 6 nitrogen and oxygen atoms in total. The van der Waals surface area contributed by atoms with E-state index >= 15 is 0 Å². The molecular weight excluding hydrogens is 431 g/mol. The van der Waals surface area contributed by atoms with Crippen molar-refractivity contribution in [2.45, 2.75) is 19.1 Å². The van der Waals surface area contributed by atoms with Crippen LogP contribution in [0.2, 0.25) is 0 Å². The molecule has 2 N–H and O–H groups in total. The maximum absolute atomic E-state index is 12.9. The Morgan fingerprint density at radius 1 is 1.29 bits per heavy atom. The van der Waals surface area contributed by atoms with Gasteiger partial charge in [-0.2, -0.15) is 13.2 Å². The van der Waals surface area contributed by atoms with Crippen molar-refractivity contribution in [3.63, 3.8) is 0 Å². The van der Waals surface area contributed by atoms with Crippen molar-refractivity contribution in [1.82, 2.24) is 4.98 Å². The second-order valence-electron chi connectivity index (χ2n) is 6.95. The molecule has 0 aliphatic carbocycles. The molecule has 1 aliphatic rings. The molecule has 3 aromatic rings. The number of aliphatic hydroxyl groups is 1. The van der Waals surface area contributed by atoms with Crippen LogP contribution in [0.15, 0.2) is 48.7 Å². The third kappa shape index (κ3) is 4.21. The summed E-state index contributed by atoms with van der Waals surface area (Å²) in [5.41, 5.74) is 0.245. The largest absolute Gasteiger partial charge is 0.488 e. The lowest BCUT2D eigenvalue weighted by Crippen LogP contribution is -2.42. The number of alkyl halides is 3. The molecule has 10 heteroatoms. The van der Waals surface area contributed by atoms with Crippen LogP contribution >= 0.6 is 11.3 Å². The lowest BCUT2D eigenvalue weighted by Gasteiger charge is -2.36. The molecule has 162 valence electrons. The van der Waals surface area contributed by atoms with E-state index in [9.17, 15) is 23.1 Å². The van der Waals surface area contributed by atoms with Gasteiger partial charge in [0.2, 0.25) is 0 Å². The SMILES string of the molecule is Cc1cnc(N2c3cccc(C(=O)Nc4ccc(C(F)(F)F)cc4)c3OCC2CO)s1. The Hall–Kier alpha value is -3.11. The molecule has 1 amide bonds. The minimum Gasteiger partial charge on any atom is -0.488 e. The lowest BCUT2D eigenvalue weighted by molar-refractivity contribution is -0.137. The number of aromatic nitrogens is 1. The van der Waals surface area contributed by atoms with Crippen LogP contribution in [0.1, 0.15) is 20.8 Å². The van der Waals surface area contributed by atoms with Crippen LogP contribution in [0.5, 0.6) is 5.75 Å². The van der Waals surface area contributed by atoms with Gasteiger partial charge in [0.15, 0.2) is 10.9 Å². The van der Waals surface area contributed by atoms with Crippen LogP contribution in [-0.2, 0) is 6.18 Å². The molecule has 0 spiro atoms. The number of hydrogen-bond acceptors (Lipinski definition) is 6. The predicted octanol–water partition coefficient (Wildman–Crippen LogP) is 4.61. The molecule has 1 aromatic heterocycles. The van der Waals surface area contributed by atoms with E-state index in [4.69, 9.17) is 4.74 Å². The molecule has 0 saturated carbocycles. The Labute approximate surface area is 179 Å². The normalized spacial score (nSPS) is 15.9. The zero-order valence-corrected chi connectivity index (χ0v) is 17.1. The molecule has 0 bridgehead atoms. The monoisotopic (exact) mass is 449 g/mol. The first-order valence-electron chi connectivity index (χ1n) is 9.35. The fourth-order valence-corrected chi connectivity index (χ4v) is 4.13. The Kier molecular flexibility index (Phi) is 5.59. The average molecular weight is 449 g/mol. The number of hydrogen-bond donors (Lipinski definition) is 2. The number of anilines is 3. The Bertz CT molecular complexity index is 1100. The number of carbonyl (C=O) groups is 1. The fourth-order valence-electron chi connectivity index (χ4n) is 3.28. The summed E-state index contributed by atoms with van der Waals surface area (Å²) < 4.78 is 44.0. The number of nitrogens with one attached hydrogen (secondary N) is 1. The van der Waals surface area contributed by atoms with Crippen molar-refractivity contribution in [2.24, 2.45) is 0 Å². The van der Waals surface area contributed by atoms with Gasteiger partial charge >= 0.3 is 6.18 Å². The number of fused-ring (bicyclic) bond motifs is 1. The molecule has 0 saturated heterocycles.